The van der Waals surface area contributed by atoms with E-state index < -0.39 is 0 Å². The maximum Gasteiger partial charge on any atom is 0.189 e. The van der Waals surface area contributed by atoms with Gasteiger partial charge in [-0.05, 0) is 29.3 Å². The van der Waals surface area contributed by atoms with Gasteiger partial charge in [-0.25, -0.2) is 0 Å². The van der Waals surface area contributed by atoms with Crippen molar-refractivity contribution >= 4 is 29.2 Å². The van der Waals surface area contributed by atoms with Gasteiger partial charge < -0.3 is 10.9 Å². The Bertz CT molecular complexity index is 602. The zero-order chi connectivity index (χ0) is 14.4. The van der Waals surface area contributed by atoms with Crippen LogP contribution in [0.5, 0.6) is 0 Å². The van der Waals surface area contributed by atoms with Gasteiger partial charge in [-0.3, -0.25) is 4.98 Å². The van der Waals surface area contributed by atoms with E-state index in [0.717, 1.165) is 22.1 Å². The van der Waals surface area contributed by atoms with Crippen molar-refractivity contribution in [1.29, 1.82) is 0 Å². The highest BCUT2D eigenvalue weighted by atomic mass is 35.5. The summed E-state index contributed by atoms with van der Waals surface area (Å²) in [6.45, 7) is 0. The quantitative estimate of drug-likeness (QED) is 0.385. The van der Waals surface area contributed by atoms with Crippen LogP contribution in [0, 0.1) is 0 Å². The summed E-state index contributed by atoms with van der Waals surface area (Å²) in [6.07, 6.45) is 1.63. The van der Waals surface area contributed by atoms with Crippen molar-refractivity contribution in [2.45, 2.75) is 11.5 Å². The van der Waals surface area contributed by atoms with Crippen LogP contribution >= 0.6 is 23.4 Å². The molecule has 0 aliphatic carbocycles. The lowest BCUT2D eigenvalue weighted by Crippen LogP contribution is -2.17. The molecule has 0 aliphatic heterocycles. The summed E-state index contributed by atoms with van der Waals surface area (Å²) in [5, 5.41) is 12.5. The van der Waals surface area contributed by atoms with E-state index in [1.165, 1.54) is 5.56 Å². The van der Waals surface area contributed by atoms with Crippen molar-refractivity contribution in [2.75, 3.05) is 0 Å². The summed E-state index contributed by atoms with van der Waals surface area (Å²) in [5.41, 5.74) is 8.28. The third-order valence-corrected chi connectivity index (χ3v) is 3.99. The number of aromatic nitrogens is 1. The van der Waals surface area contributed by atoms with Gasteiger partial charge in [0.05, 0.1) is 0 Å². The van der Waals surface area contributed by atoms with E-state index in [1.54, 1.807) is 18.0 Å². The minimum absolute atomic E-state index is 0.0349. The van der Waals surface area contributed by atoms with Crippen LogP contribution < -0.4 is 5.73 Å². The largest absolute Gasteiger partial charge is 0.409 e. The second kappa shape index (κ2) is 7.17. The molecule has 2 rings (SSSR count). The highest BCUT2D eigenvalue weighted by Crippen LogP contribution is 2.20. The Morgan fingerprint density at radius 3 is 2.70 bits per heavy atom. The fourth-order valence-corrected chi connectivity index (χ4v) is 2.80. The molecule has 0 aliphatic rings. The van der Waals surface area contributed by atoms with Crippen molar-refractivity contribution in [1.82, 2.24) is 4.98 Å². The average molecular weight is 308 g/mol. The summed E-state index contributed by atoms with van der Waals surface area (Å²) in [7, 11) is 0. The normalized spacial score (nSPS) is 11.6. The number of hydrogen-bond acceptors (Lipinski definition) is 4. The molecule has 2 aromatic rings. The SMILES string of the molecule is N/C(=N/O)c1ncccc1CSCc1ccc(Cl)cc1. The topological polar surface area (TPSA) is 71.5 Å². The summed E-state index contributed by atoms with van der Waals surface area (Å²) in [6, 6.07) is 11.5. The molecule has 1 aromatic carbocycles. The smallest absolute Gasteiger partial charge is 0.189 e. The van der Waals surface area contributed by atoms with Gasteiger partial charge in [0.1, 0.15) is 5.69 Å². The fourth-order valence-electron chi connectivity index (χ4n) is 1.69. The number of nitrogens with zero attached hydrogens (tertiary/aromatic N) is 2. The molecule has 0 saturated carbocycles. The Kier molecular flexibility index (Phi) is 5.26. The maximum absolute atomic E-state index is 8.75. The predicted octanol–water partition coefficient (Wildman–Crippen LogP) is 3.26. The predicted molar refractivity (Wildman–Crippen MR) is 83.2 cm³/mol. The summed E-state index contributed by atoms with van der Waals surface area (Å²) in [4.78, 5) is 4.14. The highest BCUT2D eigenvalue weighted by Gasteiger charge is 2.08. The molecular weight excluding hydrogens is 294 g/mol. The number of oxime groups is 1. The van der Waals surface area contributed by atoms with Crippen LogP contribution in [0.2, 0.25) is 5.02 Å². The minimum Gasteiger partial charge on any atom is -0.409 e. The van der Waals surface area contributed by atoms with Crippen LogP contribution in [0.25, 0.3) is 0 Å². The first kappa shape index (κ1) is 14.7. The highest BCUT2D eigenvalue weighted by molar-refractivity contribution is 7.97. The Morgan fingerprint density at radius 1 is 1.25 bits per heavy atom. The number of pyridine rings is 1. The number of rotatable bonds is 5. The van der Waals surface area contributed by atoms with Gasteiger partial charge >= 0.3 is 0 Å². The Balaban J connectivity index is 1.99. The van der Waals surface area contributed by atoms with Crippen LogP contribution in [0.15, 0.2) is 47.8 Å². The van der Waals surface area contributed by atoms with Gasteiger partial charge in [-0.1, -0.05) is 35.0 Å². The molecule has 4 nitrogen and oxygen atoms in total. The molecule has 0 saturated heterocycles. The Hall–Kier alpha value is -1.72. The zero-order valence-corrected chi connectivity index (χ0v) is 12.2. The summed E-state index contributed by atoms with van der Waals surface area (Å²) < 4.78 is 0. The lowest BCUT2D eigenvalue weighted by molar-refractivity contribution is 0.318. The molecule has 1 heterocycles. The van der Waals surface area contributed by atoms with E-state index in [2.05, 4.69) is 10.1 Å². The van der Waals surface area contributed by atoms with E-state index in [4.69, 9.17) is 22.5 Å². The summed E-state index contributed by atoms with van der Waals surface area (Å²) in [5.74, 6) is 1.64. The standard InChI is InChI=1S/C14H14ClN3OS/c15-12-5-3-10(4-6-12)8-20-9-11-2-1-7-17-13(11)14(16)18-19/h1-7,19H,8-9H2,(H2,16,18). The molecule has 3 N–H and O–H groups in total. The van der Waals surface area contributed by atoms with Crippen molar-refractivity contribution in [3.63, 3.8) is 0 Å². The van der Waals surface area contributed by atoms with Gasteiger partial charge in [-0.15, -0.1) is 0 Å². The van der Waals surface area contributed by atoms with Crippen molar-refractivity contribution in [3.8, 4) is 0 Å². The van der Waals surface area contributed by atoms with E-state index in [9.17, 15) is 0 Å². The van der Waals surface area contributed by atoms with Crippen LogP contribution in [0.4, 0.5) is 0 Å². The number of thioether (sulfide) groups is 1. The van der Waals surface area contributed by atoms with E-state index in [0.29, 0.717) is 5.69 Å². The Labute approximate surface area is 126 Å². The van der Waals surface area contributed by atoms with Crippen molar-refractivity contribution in [2.24, 2.45) is 10.9 Å². The molecule has 0 amide bonds. The van der Waals surface area contributed by atoms with E-state index in [1.807, 2.05) is 36.4 Å². The number of amidine groups is 1. The van der Waals surface area contributed by atoms with Gasteiger partial charge in [0.25, 0.3) is 0 Å². The number of benzene rings is 1. The van der Waals surface area contributed by atoms with Gasteiger partial charge in [-0.2, -0.15) is 11.8 Å². The molecular formula is C14H14ClN3OS. The maximum atomic E-state index is 8.75. The number of nitrogens with two attached hydrogens (primary N) is 1. The second-order valence-corrected chi connectivity index (χ2v) is 5.54. The molecule has 0 bridgehead atoms. The lowest BCUT2D eigenvalue weighted by atomic mass is 10.2. The molecule has 0 radical (unpaired) electrons. The van der Waals surface area contributed by atoms with Gasteiger partial charge in [0.2, 0.25) is 0 Å². The van der Waals surface area contributed by atoms with Gasteiger partial charge in [0, 0.05) is 22.7 Å². The molecule has 0 fully saturated rings. The Morgan fingerprint density at radius 2 is 2.00 bits per heavy atom. The molecule has 104 valence electrons. The molecule has 0 atom stereocenters. The molecule has 20 heavy (non-hydrogen) atoms. The second-order valence-electron chi connectivity index (χ2n) is 4.12. The van der Waals surface area contributed by atoms with Crippen molar-refractivity contribution < 1.29 is 5.21 Å². The monoisotopic (exact) mass is 307 g/mol. The van der Waals surface area contributed by atoms with Gasteiger partial charge in [0.15, 0.2) is 5.84 Å². The molecule has 0 spiro atoms. The number of hydrogen-bond donors (Lipinski definition) is 2. The van der Waals surface area contributed by atoms with Crippen molar-refractivity contribution in [3.05, 3.63) is 64.4 Å². The average Bonchev–Trinajstić information content (AvgIpc) is 2.49. The zero-order valence-electron chi connectivity index (χ0n) is 10.7. The first-order valence-corrected chi connectivity index (χ1v) is 7.48. The number of halogens is 1. The molecule has 6 heteroatoms. The summed E-state index contributed by atoms with van der Waals surface area (Å²) >= 11 is 7.58. The van der Waals surface area contributed by atoms with E-state index >= 15 is 0 Å². The minimum atomic E-state index is 0.0349. The van der Waals surface area contributed by atoms with Crippen LogP contribution in [-0.2, 0) is 11.5 Å². The van der Waals surface area contributed by atoms with Crippen LogP contribution in [0.3, 0.4) is 0 Å². The fraction of sp³-hybridized carbons (Fsp3) is 0.143. The molecule has 1 aromatic heterocycles. The molecule has 0 unspecified atom stereocenters. The third kappa shape index (κ3) is 3.88. The van der Waals surface area contributed by atoms with E-state index in [-0.39, 0.29) is 5.84 Å². The first-order chi connectivity index (χ1) is 9.70. The first-order valence-electron chi connectivity index (χ1n) is 5.94. The van der Waals surface area contributed by atoms with Crippen LogP contribution in [-0.4, -0.2) is 16.0 Å². The lowest BCUT2D eigenvalue weighted by Gasteiger charge is -2.07. The van der Waals surface area contributed by atoms with Crippen LogP contribution in [0.1, 0.15) is 16.8 Å². The third-order valence-electron chi connectivity index (χ3n) is 2.68.